The minimum Gasteiger partial charge on any atom is -0.497 e. The van der Waals surface area contributed by atoms with Gasteiger partial charge in [0.2, 0.25) is 5.91 Å². The summed E-state index contributed by atoms with van der Waals surface area (Å²) in [5, 5.41) is 3.06. The Bertz CT molecular complexity index is 456. The van der Waals surface area contributed by atoms with Crippen molar-refractivity contribution in [3.05, 3.63) is 35.9 Å². The molecule has 1 aromatic rings. The quantitative estimate of drug-likeness (QED) is 0.843. The molecule has 0 aliphatic heterocycles. The second kappa shape index (κ2) is 6.41. The molecule has 0 bridgehead atoms. The van der Waals surface area contributed by atoms with Crippen molar-refractivity contribution in [2.45, 2.75) is 38.6 Å². The van der Waals surface area contributed by atoms with Gasteiger partial charge in [0.05, 0.1) is 7.11 Å². The van der Waals surface area contributed by atoms with E-state index >= 15 is 0 Å². The third-order valence-corrected chi connectivity index (χ3v) is 3.59. The van der Waals surface area contributed by atoms with Crippen molar-refractivity contribution in [1.82, 2.24) is 5.32 Å². The van der Waals surface area contributed by atoms with Gasteiger partial charge in [-0.3, -0.25) is 4.79 Å². The predicted molar refractivity (Wildman–Crippen MR) is 77.0 cm³/mol. The number of allylic oxidation sites excluding steroid dienone is 1. The molecule has 3 nitrogen and oxygen atoms in total. The van der Waals surface area contributed by atoms with E-state index in [9.17, 15) is 4.79 Å². The summed E-state index contributed by atoms with van der Waals surface area (Å²) in [5.41, 5.74) is 2.01. The van der Waals surface area contributed by atoms with Crippen molar-refractivity contribution in [2.24, 2.45) is 0 Å². The van der Waals surface area contributed by atoms with E-state index in [0.29, 0.717) is 6.04 Å². The first-order valence-electron chi connectivity index (χ1n) is 6.82. The molecule has 102 valence electrons. The minimum absolute atomic E-state index is 0.0141. The van der Waals surface area contributed by atoms with Crippen LogP contribution in [-0.2, 0) is 4.79 Å². The van der Waals surface area contributed by atoms with E-state index in [4.69, 9.17) is 4.74 Å². The number of carbonyl (C=O) groups excluding carboxylic acids is 1. The molecule has 0 atom stereocenters. The monoisotopic (exact) mass is 259 g/mol. The number of hydrogen-bond donors (Lipinski definition) is 1. The fourth-order valence-electron chi connectivity index (χ4n) is 2.45. The standard InChI is InChI=1S/C16H21NO2/c1-12(13-7-9-15(19-2)10-8-13)11-16(18)17-14-5-3-4-6-14/h7-11,14H,3-6H2,1-2H3,(H,17,18)/b12-11+. The fraction of sp³-hybridized carbons (Fsp3) is 0.438. The highest BCUT2D eigenvalue weighted by Gasteiger charge is 2.16. The van der Waals surface area contributed by atoms with Crippen LogP contribution in [0.1, 0.15) is 38.2 Å². The summed E-state index contributed by atoms with van der Waals surface area (Å²) in [5.74, 6) is 0.840. The summed E-state index contributed by atoms with van der Waals surface area (Å²) in [6, 6.07) is 8.11. The van der Waals surface area contributed by atoms with Crippen LogP contribution in [0.2, 0.25) is 0 Å². The molecule has 1 aromatic carbocycles. The van der Waals surface area contributed by atoms with Gasteiger partial charge in [-0.2, -0.15) is 0 Å². The van der Waals surface area contributed by atoms with Crippen LogP contribution in [0, 0.1) is 0 Å². The van der Waals surface area contributed by atoms with Crippen LogP contribution in [0.5, 0.6) is 5.75 Å². The van der Waals surface area contributed by atoms with Crippen molar-refractivity contribution in [3.8, 4) is 5.75 Å². The van der Waals surface area contributed by atoms with Gasteiger partial charge in [0.1, 0.15) is 5.75 Å². The first kappa shape index (κ1) is 13.7. The van der Waals surface area contributed by atoms with E-state index in [-0.39, 0.29) is 5.91 Å². The number of hydrogen-bond acceptors (Lipinski definition) is 2. The number of nitrogens with one attached hydrogen (secondary N) is 1. The van der Waals surface area contributed by atoms with Gasteiger partial charge in [0, 0.05) is 12.1 Å². The van der Waals surface area contributed by atoms with Gasteiger partial charge >= 0.3 is 0 Å². The maximum Gasteiger partial charge on any atom is 0.244 e. The number of benzene rings is 1. The maximum absolute atomic E-state index is 11.9. The Kier molecular flexibility index (Phi) is 4.61. The van der Waals surface area contributed by atoms with Crippen LogP contribution in [0.4, 0.5) is 0 Å². The van der Waals surface area contributed by atoms with E-state index in [1.807, 2.05) is 31.2 Å². The first-order valence-corrected chi connectivity index (χ1v) is 6.82. The van der Waals surface area contributed by atoms with Crippen LogP contribution in [-0.4, -0.2) is 19.1 Å². The van der Waals surface area contributed by atoms with Crippen molar-refractivity contribution < 1.29 is 9.53 Å². The molecule has 0 radical (unpaired) electrons. The maximum atomic E-state index is 11.9. The van der Waals surface area contributed by atoms with Crippen LogP contribution < -0.4 is 10.1 Å². The number of carbonyl (C=O) groups is 1. The van der Waals surface area contributed by atoms with Gasteiger partial charge < -0.3 is 10.1 Å². The van der Waals surface area contributed by atoms with Crippen LogP contribution >= 0.6 is 0 Å². The first-order chi connectivity index (χ1) is 9.19. The molecule has 1 amide bonds. The average Bonchev–Trinajstić information content (AvgIpc) is 2.91. The second-order valence-corrected chi connectivity index (χ2v) is 5.05. The topological polar surface area (TPSA) is 38.3 Å². The molecular weight excluding hydrogens is 238 g/mol. The minimum atomic E-state index is 0.0141. The van der Waals surface area contributed by atoms with Gasteiger partial charge in [-0.25, -0.2) is 0 Å². The molecule has 1 fully saturated rings. The molecule has 0 heterocycles. The van der Waals surface area contributed by atoms with Gasteiger partial charge in [0.25, 0.3) is 0 Å². The molecule has 19 heavy (non-hydrogen) atoms. The fourth-order valence-corrected chi connectivity index (χ4v) is 2.45. The lowest BCUT2D eigenvalue weighted by atomic mass is 10.1. The Morgan fingerprint density at radius 2 is 1.89 bits per heavy atom. The zero-order chi connectivity index (χ0) is 13.7. The van der Waals surface area contributed by atoms with Gasteiger partial charge in [0.15, 0.2) is 0 Å². The summed E-state index contributed by atoms with van der Waals surface area (Å²) in [4.78, 5) is 11.9. The number of rotatable bonds is 4. The largest absolute Gasteiger partial charge is 0.497 e. The van der Waals surface area contributed by atoms with Gasteiger partial charge in [-0.1, -0.05) is 25.0 Å². The highest BCUT2D eigenvalue weighted by Crippen LogP contribution is 2.19. The number of amides is 1. The van der Waals surface area contributed by atoms with Crippen molar-refractivity contribution in [1.29, 1.82) is 0 Å². The van der Waals surface area contributed by atoms with E-state index in [1.165, 1.54) is 12.8 Å². The van der Waals surface area contributed by atoms with Crippen molar-refractivity contribution >= 4 is 11.5 Å². The summed E-state index contributed by atoms with van der Waals surface area (Å²) in [6.07, 6.45) is 6.36. The molecule has 0 unspecified atom stereocenters. The third kappa shape index (κ3) is 3.85. The number of methoxy groups -OCH3 is 1. The third-order valence-electron chi connectivity index (χ3n) is 3.59. The Morgan fingerprint density at radius 3 is 2.47 bits per heavy atom. The van der Waals surface area contributed by atoms with E-state index < -0.39 is 0 Å². The lowest BCUT2D eigenvalue weighted by molar-refractivity contribution is -0.117. The molecule has 0 aromatic heterocycles. The van der Waals surface area contributed by atoms with Crippen LogP contribution in [0.15, 0.2) is 30.3 Å². The predicted octanol–water partition coefficient (Wildman–Crippen LogP) is 3.16. The molecule has 0 saturated heterocycles. The zero-order valence-electron chi connectivity index (χ0n) is 11.6. The Morgan fingerprint density at radius 1 is 1.26 bits per heavy atom. The molecule has 1 aliphatic rings. The van der Waals surface area contributed by atoms with E-state index in [1.54, 1.807) is 13.2 Å². The molecular formula is C16H21NO2. The highest BCUT2D eigenvalue weighted by molar-refractivity contribution is 5.95. The normalized spacial score (nSPS) is 16.4. The Hall–Kier alpha value is -1.77. The van der Waals surface area contributed by atoms with Crippen molar-refractivity contribution in [2.75, 3.05) is 7.11 Å². The summed E-state index contributed by atoms with van der Waals surface area (Å²) in [6.45, 7) is 1.95. The van der Waals surface area contributed by atoms with Gasteiger partial charge in [-0.05, 0) is 43.0 Å². The smallest absolute Gasteiger partial charge is 0.244 e. The van der Waals surface area contributed by atoms with Crippen LogP contribution in [0.25, 0.3) is 5.57 Å². The van der Waals surface area contributed by atoms with E-state index in [0.717, 1.165) is 29.7 Å². The second-order valence-electron chi connectivity index (χ2n) is 5.05. The summed E-state index contributed by atoms with van der Waals surface area (Å²) >= 11 is 0. The summed E-state index contributed by atoms with van der Waals surface area (Å²) < 4.78 is 5.12. The lowest BCUT2D eigenvalue weighted by Gasteiger charge is -2.10. The zero-order valence-corrected chi connectivity index (χ0v) is 11.6. The van der Waals surface area contributed by atoms with Gasteiger partial charge in [-0.15, -0.1) is 0 Å². The average molecular weight is 259 g/mol. The van der Waals surface area contributed by atoms with E-state index in [2.05, 4.69) is 5.32 Å². The van der Waals surface area contributed by atoms with Crippen LogP contribution in [0.3, 0.4) is 0 Å². The molecule has 0 spiro atoms. The van der Waals surface area contributed by atoms with Crippen molar-refractivity contribution in [3.63, 3.8) is 0 Å². The molecule has 3 heteroatoms. The SMILES string of the molecule is COc1ccc(/C(C)=C/C(=O)NC2CCCC2)cc1. The molecule has 1 aliphatic carbocycles. The Balaban J connectivity index is 1.98. The highest BCUT2D eigenvalue weighted by atomic mass is 16.5. The molecule has 1 saturated carbocycles. The molecule has 1 N–H and O–H groups in total. The molecule has 2 rings (SSSR count). The number of ether oxygens (including phenoxy) is 1. The Labute approximate surface area is 114 Å². The lowest BCUT2D eigenvalue weighted by Crippen LogP contribution is -2.31. The summed E-state index contributed by atoms with van der Waals surface area (Å²) in [7, 11) is 1.65.